The second-order valence-corrected chi connectivity index (χ2v) is 6.94. The van der Waals surface area contributed by atoms with Crippen LogP contribution in [0.5, 0.6) is 0 Å². The molecule has 1 fully saturated rings. The first-order valence-electron chi connectivity index (χ1n) is 8.55. The number of hydrogen-bond acceptors (Lipinski definition) is 3. The zero-order valence-electron chi connectivity index (χ0n) is 14.1. The van der Waals surface area contributed by atoms with Crippen LogP contribution in [0.2, 0.25) is 5.02 Å². The van der Waals surface area contributed by atoms with E-state index < -0.39 is 0 Å². The number of fused-ring (bicyclic) bond motifs is 1. The molecule has 1 aliphatic heterocycles. The van der Waals surface area contributed by atoms with Gasteiger partial charge in [-0.3, -0.25) is 9.48 Å². The number of nitrogens with one attached hydrogen (secondary N) is 1. The number of aromatic amines is 1. The van der Waals surface area contributed by atoms with E-state index in [-0.39, 0.29) is 11.9 Å². The van der Waals surface area contributed by atoms with Crippen LogP contribution < -0.4 is 0 Å². The Kier molecular flexibility index (Phi) is 4.21. The number of hydrogen-bond donors (Lipinski definition) is 1. The van der Waals surface area contributed by atoms with Crippen LogP contribution in [0.3, 0.4) is 0 Å². The van der Waals surface area contributed by atoms with Crippen LogP contribution in [0.15, 0.2) is 30.5 Å². The molecule has 1 saturated heterocycles. The number of aromatic nitrogens is 4. The van der Waals surface area contributed by atoms with E-state index in [0.29, 0.717) is 18.0 Å². The van der Waals surface area contributed by atoms with E-state index in [0.717, 1.165) is 41.9 Å². The van der Waals surface area contributed by atoms with Crippen molar-refractivity contribution in [1.29, 1.82) is 0 Å². The lowest BCUT2D eigenvalue weighted by molar-refractivity contribution is -0.132. The molecular weight excluding hydrogens is 338 g/mol. The Morgan fingerprint density at radius 3 is 3.08 bits per heavy atom. The average Bonchev–Trinajstić information content (AvgIpc) is 3.30. The lowest BCUT2D eigenvalue weighted by Crippen LogP contribution is -2.31. The number of likely N-dealkylation sites (tertiary alicyclic amines) is 1. The summed E-state index contributed by atoms with van der Waals surface area (Å²) in [5.41, 5.74) is 2.76. The van der Waals surface area contributed by atoms with E-state index in [1.165, 1.54) is 0 Å². The Hall–Kier alpha value is -2.34. The number of rotatable bonds is 4. The van der Waals surface area contributed by atoms with Crippen molar-refractivity contribution in [2.45, 2.75) is 38.8 Å². The van der Waals surface area contributed by atoms with Gasteiger partial charge in [-0.15, -0.1) is 0 Å². The molecule has 1 aromatic carbocycles. The van der Waals surface area contributed by atoms with E-state index in [1.807, 2.05) is 47.0 Å². The molecule has 3 aromatic rings. The summed E-state index contributed by atoms with van der Waals surface area (Å²) in [6, 6.07) is 7.56. The molecule has 7 heteroatoms. The molecule has 0 radical (unpaired) electrons. The van der Waals surface area contributed by atoms with E-state index in [9.17, 15) is 4.79 Å². The number of halogens is 1. The van der Waals surface area contributed by atoms with Crippen molar-refractivity contribution in [1.82, 2.24) is 24.6 Å². The number of amides is 1. The predicted molar refractivity (Wildman–Crippen MR) is 96.4 cm³/mol. The van der Waals surface area contributed by atoms with Crippen LogP contribution in [0.4, 0.5) is 0 Å². The second kappa shape index (κ2) is 6.52. The molecule has 3 heterocycles. The zero-order valence-corrected chi connectivity index (χ0v) is 14.8. The van der Waals surface area contributed by atoms with Gasteiger partial charge in [0.25, 0.3) is 0 Å². The van der Waals surface area contributed by atoms with Gasteiger partial charge in [0.1, 0.15) is 5.82 Å². The molecule has 25 heavy (non-hydrogen) atoms. The van der Waals surface area contributed by atoms with Crippen molar-refractivity contribution in [2.75, 3.05) is 6.54 Å². The van der Waals surface area contributed by atoms with Crippen LogP contribution >= 0.6 is 11.6 Å². The lowest BCUT2D eigenvalue weighted by atomic mass is 10.2. The summed E-state index contributed by atoms with van der Waals surface area (Å²) < 4.78 is 1.82. The molecule has 1 N–H and O–H groups in total. The van der Waals surface area contributed by atoms with Crippen molar-refractivity contribution < 1.29 is 4.79 Å². The predicted octanol–water partition coefficient (Wildman–Crippen LogP) is 3.48. The number of carbonyl (C=O) groups is 1. The Bertz CT molecular complexity index is 915. The van der Waals surface area contributed by atoms with Gasteiger partial charge in [-0.1, -0.05) is 11.6 Å². The van der Waals surface area contributed by atoms with Crippen LogP contribution in [0, 0.1) is 6.92 Å². The van der Waals surface area contributed by atoms with E-state index in [4.69, 9.17) is 11.6 Å². The first kappa shape index (κ1) is 16.1. The molecule has 1 unspecified atom stereocenters. The summed E-state index contributed by atoms with van der Waals surface area (Å²) in [6.07, 6.45) is 4.28. The van der Waals surface area contributed by atoms with Gasteiger partial charge in [0.2, 0.25) is 5.91 Å². The summed E-state index contributed by atoms with van der Waals surface area (Å²) >= 11 is 6.05. The average molecular weight is 358 g/mol. The van der Waals surface area contributed by atoms with Gasteiger partial charge in [0, 0.05) is 30.7 Å². The Morgan fingerprint density at radius 2 is 2.28 bits per heavy atom. The number of nitrogens with zero attached hydrogens (tertiary/aromatic N) is 4. The third kappa shape index (κ3) is 3.26. The third-order valence-electron chi connectivity index (χ3n) is 4.68. The van der Waals surface area contributed by atoms with Crippen molar-refractivity contribution in [3.63, 3.8) is 0 Å². The fraction of sp³-hybridized carbons (Fsp3) is 0.389. The van der Waals surface area contributed by atoms with Crippen LogP contribution in [-0.2, 0) is 11.3 Å². The normalized spacial score (nSPS) is 17.5. The van der Waals surface area contributed by atoms with Gasteiger partial charge in [-0.2, -0.15) is 5.10 Å². The van der Waals surface area contributed by atoms with Crippen molar-refractivity contribution in [2.24, 2.45) is 0 Å². The third-order valence-corrected chi connectivity index (χ3v) is 4.91. The zero-order chi connectivity index (χ0) is 17.4. The lowest BCUT2D eigenvalue weighted by Gasteiger charge is -2.23. The largest absolute Gasteiger partial charge is 0.340 e. The molecular formula is C18H20ClN5O. The molecule has 130 valence electrons. The van der Waals surface area contributed by atoms with Gasteiger partial charge in [0.15, 0.2) is 0 Å². The number of carbonyl (C=O) groups excluding carboxylic acids is 1. The number of imidazole rings is 1. The Labute approximate surface area is 150 Å². The maximum Gasteiger partial charge on any atom is 0.225 e. The number of aryl methyl sites for hydroxylation is 2. The van der Waals surface area contributed by atoms with Crippen LogP contribution in [-0.4, -0.2) is 37.1 Å². The minimum Gasteiger partial charge on any atom is -0.340 e. The maximum atomic E-state index is 12.7. The highest BCUT2D eigenvalue weighted by Crippen LogP contribution is 2.32. The fourth-order valence-electron chi connectivity index (χ4n) is 3.45. The van der Waals surface area contributed by atoms with Gasteiger partial charge >= 0.3 is 0 Å². The molecule has 4 rings (SSSR count). The van der Waals surface area contributed by atoms with Crippen LogP contribution in [0.25, 0.3) is 11.0 Å². The molecule has 0 spiro atoms. The first-order valence-corrected chi connectivity index (χ1v) is 8.92. The van der Waals surface area contributed by atoms with Crippen molar-refractivity contribution in [3.8, 4) is 0 Å². The molecule has 1 amide bonds. The number of H-pyrrole nitrogens is 1. The molecule has 0 aliphatic carbocycles. The highest BCUT2D eigenvalue weighted by molar-refractivity contribution is 6.31. The number of benzene rings is 1. The minimum absolute atomic E-state index is 0.0121. The molecule has 6 nitrogen and oxygen atoms in total. The molecule has 0 bridgehead atoms. The quantitative estimate of drug-likeness (QED) is 0.777. The maximum absolute atomic E-state index is 12.7. The highest BCUT2D eigenvalue weighted by Gasteiger charge is 2.31. The summed E-state index contributed by atoms with van der Waals surface area (Å²) in [4.78, 5) is 22.6. The van der Waals surface area contributed by atoms with Crippen LogP contribution in [0.1, 0.15) is 36.8 Å². The van der Waals surface area contributed by atoms with E-state index in [1.54, 1.807) is 0 Å². The summed E-state index contributed by atoms with van der Waals surface area (Å²) in [5.74, 6) is 0.993. The smallest absolute Gasteiger partial charge is 0.225 e. The van der Waals surface area contributed by atoms with Gasteiger partial charge in [0.05, 0.1) is 22.8 Å². The van der Waals surface area contributed by atoms with Gasteiger partial charge in [-0.05, 0) is 44.0 Å². The Morgan fingerprint density at radius 1 is 1.40 bits per heavy atom. The van der Waals surface area contributed by atoms with E-state index >= 15 is 0 Å². The summed E-state index contributed by atoms with van der Waals surface area (Å²) in [7, 11) is 0. The second-order valence-electron chi connectivity index (χ2n) is 6.50. The molecule has 1 atom stereocenters. The summed E-state index contributed by atoms with van der Waals surface area (Å²) in [6.45, 7) is 3.33. The summed E-state index contributed by atoms with van der Waals surface area (Å²) in [5, 5.41) is 5.02. The monoisotopic (exact) mass is 357 g/mol. The van der Waals surface area contributed by atoms with Gasteiger partial charge < -0.3 is 9.88 Å². The van der Waals surface area contributed by atoms with Crippen molar-refractivity contribution >= 4 is 28.5 Å². The topological polar surface area (TPSA) is 66.8 Å². The fourth-order valence-corrected chi connectivity index (χ4v) is 3.62. The molecule has 1 aliphatic rings. The highest BCUT2D eigenvalue weighted by atomic mass is 35.5. The van der Waals surface area contributed by atoms with Gasteiger partial charge in [-0.25, -0.2) is 4.98 Å². The minimum atomic E-state index is 0.0121. The van der Waals surface area contributed by atoms with E-state index in [2.05, 4.69) is 15.1 Å². The SMILES string of the molecule is Cc1ccn(CCC(=O)N2CCCC2c2nc3ccc(Cl)cc3[nH]2)n1. The molecule has 0 saturated carbocycles. The first-order chi connectivity index (χ1) is 12.1. The van der Waals surface area contributed by atoms with Crippen molar-refractivity contribution in [3.05, 3.63) is 47.0 Å². The Balaban J connectivity index is 1.49. The molecule has 2 aromatic heterocycles. The standard InChI is InChI=1S/C18H20ClN5O/c1-12-6-9-23(22-12)10-7-17(25)24-8-2-3-16(24)18-20-14-5-4-13(19)11-15(14)21-18/h4-6,9,11,16H,2-3,7-8,10H2,1H3,(H,20,21).